The first kappa shape index (κ1) is 27.5. The van der Waals surface area contributed by atoms with Crippen molar-refractivity contribution in [3.8, 4) is 16.3 Å². The molecule has 2 aromatic heterocycles. The summed E-state index contributed by atoms with van der Waals surface area (Å²) in [5.74, 6) is -0.428. The standard InChI is InChI=1S/C26H23N4O2S.ClHO4/c1-17-15-20(19-9-4-3-5-10-19)16-18(2)30(17)26-28-27-23(33-26)13-8-14-29-24(31)21-11-6-7-12-22(21)25(29)32;2-1(3,4)5/h3-7,9-12,15-16H,8,13-14H2,1-2H3;(H,2,3,4,5)/q+1;/p-1. The predicted molar refractivity (Wildman–Crippen MR) is 126 cm³/mol. The van der Waals surface area contributed by atoms with E-state index in [0.29, 0.717) is 30.5 Å². The topological polar surface area (TPSA) is 159 Å². The molecule has 196 valence electrons. The Morgan fingerprint density at radius 1 is 0.816 bits per heavy atom. The molecule has 0 saturated heterocycles. The van der Waals surface area contributed by atoms with Crippen LogP contribution >= 0.6 is 11.3 Å². The number of fused-ring (bicyclic) bond motifs is 1. The maximum absolute atomic E-state index is 12.5. The summed E-state index contributed by atoms with van der Waals surface area (Å²) in [5, 5.41) is 10.5. The number of hydrogen-bond acceptors (Lipinski definition) is 9. The van der Waals surface area contributed by atoms with E-state index in [1.807, 2.05) is 18.2 Å². The quantitative estimate of drug-likeness (QED) is 0.229. The molecule has 2 amide bonds. The van der Waals surface area contributed by atoms with E-state index >= 15 is 0 Å². The smallest absolute Gasteiger partial charge is 0.274 e. The van der Waals surface area contributed by atoms with E-state index in [1.54, 1.807) is 24.3 Å². The maximum atomic E-state index is 12.5. The van der Waals surface area contributed by atoms with Gasteiger partial charge >= 0.3 is 5.13 Å². The van der Waals surface area contributed by atoms with Crippen molar-refractivity contribution < 1.29 is 43.0 Å². The first-order valence-corrected chi connectivity index (χ1v) is 13.6. The number of amides is 2. The van der Waals surface area contributed by atoms with E-state index in [1.165, 1.54) is 27.4 Å². The van der Waals surface area contributed by atoms with Crippen LogP contribution in [0.25, 0.3) is 16.3 Å². The van der Waals surface area contributed by atoms with Gasteiger partial charge in [-0.05, 0) is 72.1 Å². The SMILES string of the molecule is Cc1cc(-c2ccccc2)cc(C)[n+]1-c1nnc(CCCN2C(=O)c3ccccc3C2=O)s1.[O-][Cl+3]([O-])([O-])[O-]. The van der Waals surface area contributed by atoms with Gasteiger partial charge in [0.25, 0.3) is 11.8 Å². The van der Waals surface area contributed by atoms with Gasteiger partial charge in [-0.1, -0.05) is 42.5 Å². The third-order valence-electron chi connectivity index (χ3n) is 5.84. The van der Waals surface area contributed by atoms with Gasteiger partial charge in [0.05, 0.1) is 16.2 Å². The maximum Gasteiger partial charge on any atom is 0.415 e. The number of carbonyl (C=O) groups excluding carboxylic acids is 2. The summed E-state index contributed by atoms with van der Waals surface area (Å²) in [6.45, 7) is 4.52. The van der Waals surface area contributed by atoms with Crippen LogP contribution in [0.2, 0.25) is 0 Å². The molecule has 0 aliphatic carbocycles. The highest BCUT2D eigenvalue weighted by molar-refractivity contribution is 7.13. The van der Waals surface area contributed by atoms with Crippen LogP contribution in [-0.4, -0.2) is 33.5 Å². The van der Waals surface area contributed by atoms with Gasteiger partial charge in [0.2, 0.25) is 0 Å². The number of benzene rings is 2. The second-order valence-electron chi connectivity index (χ2n) is 8.50. The molecule has 0 bridgehead atoms. The van der Waals surface area contributed by atoms with E-state index in [9.17, 15) is 9.59 Å². The summed E-state index contributed by atoms with van der Waals surface area (Å²) in [5.41, 5.74) is 5.50. The summed E-state index contributed by atoms with van der Waals surface area (Å²) in [7, 11) is -4.94. The molecule has 0 saturated carbocycles. The second-order valence-corrected chi connectivity index (χ2v) is 10.3. The van der Waals surface area contributed by atoms with Crippen LogP contribution in [0.1, 0.15) is 43.5 Å². The molecule has 10 nitrogen and oxygen atoms in total. The summed E-state index contributed by atoms with van der Waals surface area (Å²) in [4.78, 5) is 26.4. The van der Waals surface area contributed by atoms with Gasteiger partial charge < -0.3 is 0 Å². The molecule has 12 heteroatoms. The highest BCUT2D eigenvalue weighted by atomic mass is 35.7. The van der Waals surface area contributed by atoms with Gasteiger partial charge in [-0.2, -0.15) is 4.57 Å². The fraction of sp³-hybridized carbons (Fsp3) is 0.192. The summed E-state index contributed by atoms with van der Waals surface area (Å²) < 4.78 is 36.1. The number of carbonyl (C=O) groups is 2. The van der Waals surface area contributed by atoms with Crippen LogP contribution in [0.15, 0.2) is 66.7 Å². The Morgan fingerprint density at radius 2 is 1.34 bits per heavy atom. The number of imide groups is 1. The van der Waals surface area contributed by atoms with Crippen molar-refractivity contribution >= 4 is 23.2 Å². The minimum absolute atomic E-state index is 0.214. The molecule has 38 heavy (non-hydrogen) atoms. The zero-order valence-electron chi connectivity index (χ0n) is 20.5. The number of pyridine rings is 1. The molecular formula is C26H23ClN4O6S. The molecule has 0 radical (unpaired) electrons. The van der Waals surface area contributed by atoms with Gasteiger partial charge in [0.1, 0.15) is 16.4 Å². The first-order chi connectivity index (χ1) is 18.0. The Labute approximate surface area is 224 Å². The van der Waals surface area contributed by atoms with E-state index in [-0.39, 0.29) is 11.8 Å². The van der Waals surface area contributed by atoms with Gasteiger partial charge in [-0.3, -0.25) is 14.5 Å². The van der Waals surface area contributed by atoms with Crippen LogP contribution in [0.5, 0.6) is 0 Å². The molecule has 0 atom stereocenters. The van der Waals surface area contributed by atoms with E-state index < -0.39 is 10.2 Å². The fourth-order valence-electron chi connectivity index (χ4n) is 4.26. The van der Waals surface area contributed by atoms with Gasteiger partial charge in [0.15, 0.2) is 0 Å². The molecule has 3 heterocycles. The number of halogens is 1. The van der Waals surface area contributed by atoms with Crippen molar-refractivity contribution in [3.05, 3.63) is 94.3 Å². The van der Waals surface area contributed by atoms with Crippen molar-refractivity contribution in [1.29, 1.82) is 0 Å². The molecule has 1 aliphatic heterocycles. The van der Waals surface area contributed by atoms with Crippen LogP contribution in [0, 0.1) is 24.1 Å². The Bertz CT molecular complexity index is 1410. The lowest BCUT2D eigenvalue weighted by atomic mass is 10.0. The average Bonchev–Trinajstić information content (AvgIpc) is 3.42. The van der Waals surface area contributed by atoms with Gasteiger partial charge in [0, 0.05) is 13.0 Å². The minimum Gasteiger partial charge on any atom is -0.274 e. The summed E-state index contributed by atoms with van der Waals surface area (Å²) in [6.07, 6.45) is 1.31. The second kappa shape index (κ2) is 11.4. The summed E-state index contributed by atoms with van der Waals surface area (Å²) >= 11 is 1.54. The van der Waals surface area contributed by atoms with Gasteiger partial charge in [-0.15, -0.1) is 10.2 Å². The molecule has 2 aromatic carbocycles. The minimum atomic E-state index is -4.94. The van der Waals surface area contributed by atoms with Crippen molar-refractivity contribution in [3.63, 3.8) is 0 Å². The molecular weight excluding hydrogens is 532 g/mol. The highest BCUT2D eigenvalue weighted by Crippen LogP contribution is 2.24. The number of hydrogen-bond donors (Lipinski definition) is 0. The van der Waals surface area contributed by atoms with Crippen LogP contribution < -0.4 is 23.2 Å². The number of rotatable bonds is 6. The molecule has 4 aromatic rings. The van der Waals surface area contributed by atoms with Gasteiger partial charge in [-0.25, -0.2) is 18.6 Å². The average molecular weight is 555 g/mol. The molecule has 0 spiro atoms. The number of aromatic nitrogens is 3. The van der Waals surface area contributed by atoms with Crippen molar-refractivity contribution in [2.24, 2.45) is 0 Å². The monoisotopic (exact) mass is 554 g/mol. The zero-order chi connectivity index (χ0) is 27.4. The third kappa shape index (κ3) is 6.45. The van der Waals surface area contributed by atoms with E-state index in [0.717, 1.165) is 21.5 Å². The molecule has 5 rings (SSSR count). The van der Waals surface area contributed by atoms with Crippen LogP contribution in [0.3, 0.4) is 0 Å². The zero-order valence-corrected chi connectivity index (χ0v) is 22.1. The predicted octanol–water partition coefficient (Wildman–Crippen LogP) is -0.429. The van der Waals surface area contributed by atoms with Crippen molar-refractivity contribution in [2.45, 2.75) is 26.7 Å². The molecule has 1 aliphatic rings. The Morgan fingerprint density at radius 3 is 1.89 bits per heavy atom. The number of nitrogens with zero attached hydrogens (tertiary/aromatic N) is 4. The van der Waals surface area contributed by atoms with Crippen LogP contribution in [0.4, 0.5) is 0 Å². The van der Waals surface area contributed by atoms with E-state index in [2.05, 4.69) is 52.9 Å². The molecule has 0 N–H and O–H groups in total. The van der Waals surface area contributed by atoms with Crippen molar-refractivity contribution in [2.75, 3.05) is 6.54 Å². The molecule has 0 unspecified atom stereocenters. The lowest BCUT2D eigenvalue weighted by Gasteiger charge is -2.17. The first-order valence-electron chi connectivity index (χ1n) is 11.5. The Kier molecular flexibility index (Phi) is 8.26. The van der Waals surface area contributed by atoms with Crippen LogP contribution in [-0.2, 0) is 6.42 Å². The third-order valence-corrected chi connectivity index (χ3v) is 6.81. The lowest BCUT2D eigenvalue weighted by molar-refractivity contribution is -2.00. The Balaban J connectivity index is 0.000000617. The Hall–Kier alpha value is -3.58. The van der Waals surface area contributed by atoms with Crippen molar-refractivity contribution in [1.82, 2.24) is 15.1 Å². The molecule has 0 fully saturated rings. The van der Waals surface area contributed by atoms with E-state index in [4.69, 9.17) is 18.6 Å². The lowest BCUT2D eigenvalue weighted by Crippen LogP contribution is -2.68. The largest absolute Gasteiger partial charge is 0.415 e. The normalized spacial score (nSPS) is 12.8. The summed E-state index contributed by atoms with van der Waals surface area (Å²) in [6, 6.07) is 21.6. The fourth-order valence-corrected chi connectivity index (χ4v) is 5.26. The highest BCUT2D eigenvalue weighted by Gasteiger charge is 2.34. The number of aryl methyl sites for hydroxylation is 3.